The molecule has 2 aliphatic rings. The molecule has 2 heterocycles. The molecule has 1 amide bonds. The molecule has 2 aromatic carbocycles. The molecule has 1 fully saturated rings. The van der Waals surface area contributed by atoms with E-state index in [-0.39, 0.29) is 23.8 Å². The van der Waals surface area contributed by atoms with Crippen molar-refractivity contribution in [2.24, 2.45) is 28.2 Å². The van der Waals surface area contributed by atoms with Crippen molar-refractivity contribution in [1.82, 2.24) is 9.88 Å². The number of aromatic nitrogens is 1. The molecule has 0 bridgehead atoms. The number of aliphatic carboxylic acids is 1. The zero-order valence-corrected chi connectivity index (χ0v) is 29.6. The van der Waals surface area contributed by atoms with Gasteiger partial charge in [0.1, 0.15) is 16.5 Å². The first-order valence-electron chi connectivity index (χ1n) is 17.3. The summed E-state index contributed by atoms with van der Waals surface area (Å²) in [7, 11) is 0. The highest BCUT2D eigenvalue weighted by atomic mass is 35.5. The fourth-order valence-electron chi connectivity index (χ4n) is 7.59. The van der Waals surface area contributed by atoms with E-state index in [1.165, 1.54) is 5.56 Å². The minimum atomic E-state index is -0.736. The summed E-state index contributed by atoms with van der Waals surface area (Å²) in [6.07, 6.45) is 8.08. The van der Waals surface area contributed by atoms with Crippen LogP contribution in [0.25, 0.3) is 11.1 Å². The fourth-order valence-corrected chi connectivity index (χ4v) is 7.76. The summed E-state index contributed by atoms with van der Waals surface area (Å²) < 4.78 is 0. The summed E-state index contributed by atoms with van der Waals surface area (Å²) in [6, 6.07) is 20.5. The molecule has 1 N–H and O–H groups in total. The van der Waals surface area contributed by atoms with Gasteiger partial charge >= 0.3 is 5.97 Å². The lowest BCUT2D eigenvalue weighted by Gasteiger charge is -2.47. The molecule has 3 aromatic rings. The van der Waals surface area contributed by atoms with Crippen molar-refractivity contribution in [1.29, 1.82) is 0 Å². The van der Waals surface area contributed by atoms with Gasteiger partial charge in [-0.05, 0) is 103 Å². The predicted octanol–water partition coefficient (Wildman–Crippen LogP) is 9.80. The van der Waals surface area contributed by atoms with Gasteiger partial charge in [-0.1, -0.05) is 102 Å². The van der Waals surface area contributed by atoms with Crippen LogP contribution in [0.4, 0.5) is 0 Å². The van der Waals surface area contributed by atoms with Gasteiger partial charge in [0, 0.05) is 18.2 Å². The average molecular weight is 656 g/mol. The summed E-state index contributed by atoms with van der Waals surface area (Å²) in [5, 5.41) is 9.54. The average Bonchev–Trinajstić information content (AvgIpc) is 3.31. The predicted molar refractivity (Wildman–Crippen MR) is 191 cm³/mol. The lowest BCUT2D eigenvalue weighted by Crippen LogP contribution is -2.51. The molecule has 1 aliphatic carbocycles. The molecule has 250 valence electrons. The van der Waals surface area contributed by atoms with Crippen LogP contribution in [0.15, 0.2) is 71.9 Å². The Morgan fingerprint density at radius 2 is 1.62 bits per heavy atom. The van der Waals surface area contributed by atoms with E-state index in [9.17, 15) is 9.59 Å². The van der Waals surface area contributed by atoms with Crippen molar-refractivity contribution in [3.05, 3.63) is 88.7 Å². The first kappa shape index (κ1) is 34.8. The Morgan fingerprint density at radius 3 is 2.19 bits per heavy atom. The number of carbonyl (C=O) groups is 2. The highest BCUT2D eigenvalue weighted by Gasteiger charge is 2.52. The van der Waals surface area contributed by atoms with E-state index in [4.69, 9.17) is 21.7 Å². The topological polar surface area (TPSA) is 82.9 Å². The number of pyridine rings is 1. The summed E-state index contributed by atoms with van der Waals surface area (Å²) in [4.78, 5) is 37.2. The normalized spacial score (nSPS) is 21.9. The number of amides is 1. The lowest BCUT2D eigenvalue weighted by atomic mass is 9.69. The Balaban J connectivity index is 1.42. The smallest absolute Gasteiger partial charge is 0.303 e. The second kappa shape index (κ2) is 14.3. The number of carbonyl (C=O) groups excluding carboxylic acids is 1. The van der Waals surface area contributed by atoms with Crippen LogP contribution in [-0.4, -0.2) is 38.2 Å². The van der Waals surface area contributed by atoms with Gasteiger partial charge in [-0.15, -0.1) is 0 Å². The van der Waals surface area contributed by atoms with Gasteiger partial charge in [0.15, 0.2) is 0 Å². The minimum absolute atomic E-state index is 0.00992. The van der Waals surface area contributed by atoms with Crippen LogP contribution in [0.5, 0.6) is 0 Å². The number of carboxylic acid groups (broad SMARTS) is 1. The van der Waals surface area contributed by atoms with Crippen molar-refractivity contribution in [2.75, 3.05) is 0 Å². The number of hydrogen-bond acceptors (Lipinski definition) is 4. The molecular formula is C40H50ClN3O3. The molecule has 0 radical (unpaired) electrons. The Bertz CT molecular complexity index is 1580. The first-order chi connectivity index (χ1) is 22.3. The summed E-state index contributed by atoms with van der Waals surface area (Å²) in [6.45, 7) is 13.5. The van der Waals surface area contributed by atoms with E-state index in [0.29, 0.717) is 35.0 Å². The third-order valence-electron chi connectivity index (χ3n) is 10.8. The Kier molecular flexibility index (Phi) is 10.6. The summed E-state index contributed by atoms with van der Waals surface area (Å²) in [5.74, 6) is 0.568. The van der Waals surface area contributed by atoms with Crippen LogP contribution < -0.4 is 0 Å². The Hall–Kier alpha value is -3.51. The molecular weight excluding hydrogens is 606 g/mol. The first-order valence-corrected chi connectivity index (χ1v) is 17.7. The molecule has 6 nitrogen and oxygen atoms in total. The van der Waals surface area contributed by atoms with Crippen molar-refractivity contribution in [3.8, 4) is 11.1 Å². The molecule has 1 aromatic heterocycles. The molecule has 7 heteroatoms. The fraction of sp³-hybridized carbons (Fsp3) is 0.500. The lowest BCUT2D eigenvalue weighted by molar-refractivity contribution is -0.137. The Labute approximate surface area is 285 Å². The van der Waals surface area contributed by atoms with Gasteiger partial charge in [-0.25, -0.2) is 4.98 Å². The van der Waals surface area contributed by atoms with Crippen LogP contribution in [0.3, 0.4) is 0 Å². The third kappa shape index (κ3) is 7.80. The van der Waals surface area contributed by atoms with Gasteiger partial charge in [0.05, 0.1) is 6.04 Å². The second-order valence-corrected chi connectivity index (χ2v) is 15.3. The maximum atomic E-state index is 14.6. The van der Waals surface area contributed by atoms with Crippen LogP contribution in [0.2, 0.25) is 5.15 Å². The van der Waals surface area contributed by atoms with Gasteiger partial charge in [-0.2, -0.15) is 0 Å². The maximum Gasteiger partial charge on any atom is 0.303 e. The van der Waals surface area contributed by atoms with E-state index in [1.807, 2.05) is 36.4 Å². The van der Waals surface area contributed by atoms with E-state index in [1.54, 1.807) is 6.20 Å². The highest BCUT2D eigenvalue weighted by Crippen LogP contribution is 2.49. The summed E-state index contributed by atoms with van der Waals surface area (Å²) >= 11 is 6.15. The molecule has 1 aliphatic heterocycles. The SMILES string of the molecule is CCC(c1ccc(CC(C)C(C)CCC(=O)O)cc1)N1C(=O)C(c2ccc(-c3ccnc(Cl)c3)cc2)=NC12CCC(C(C)(C)C)CC2. The molecule has 5 rings (SSSR count). The zero-order valence-electron chi connectivity index (χ0n) is 28.8. The van der Waals surface area contributed by atoms with Crippen molar-refractivity contribution < 1.29 is 14.7 Å². The van der Waals surface area contributed by atoms with E-state index in [0.717, 1.165) is 60.8 Å². The standard InChI is InChI=1S/C40H50ClN3O3/c1-7-34(30-11-9-28(10-12-30)24-27(3)26(2)8-17-36(45)46)44-38(47)37(43-40(44)21-18-33(19-22-40)39(4,5)6)31-15-13-29(14-16-31)32-20-23-42-35(41)25-32/h9-16,20,23,25-27,33-34H,7-8,17-19,21-22,24H2,1-6H3,(H,45,46). The van der Waals surface area contributed by atoms with E-state index >= 15 is 0 Å². The molecule has 0 saturated heterocycles. The van der Waals surface area contributed by atoms with Crippen LogP contribution in [0.1, 0.15) is 109 Å². The van der Waals surface area contributed by atoms with Crippen LogP contribution in [-0.2, 0) is 16.0 Å². The van der Waals surface area contributed by atoms with E-state index < -0.39 is 11.6 Å². The monoisotopic (exact) mass is 655 g/mol. The highest BCUT2D eigenvalue weighted by molar-refractivity contribution is 6.46. The van der Waals surface area contributed by atoms with Crippen molar-refractivity contribution in [3.63, 3.8) is 0 Å². The maximum absolute atomic E-state index is 14.6. The van der Waals surface area contributed by atoms with Crippen LogP contribution >= 0.6 is 11.6 Å². The molecule has 3 unspecified atom stereocenters. The molecule has 1 spiro atoms. The van der Waals surface area contributed by atoms with Crippen molar-refractivity contribution in [2.45, 2.75) is 105 Å². The second-order valence-electron chi connectivity index (χ2n) is 15.0. The quantitative estimate of drug-likeness (QED) is 0.208. The number of benzene rings is 2. The summed E-state index contributed by atoms with van der Waals surface area (Å²) in [5.41, 5.74) is 5.42. The largest absolute Gasteiger partial charge is 0.481 e. The third-order valence-corrected chi connectivity index (χ3v) is 11.0. The minimum Gasteiger partial charge on any atom is -0.481 e. The Morgan fingerprint density at radius 1 is 0.979 bits per heavy atom. The number of rotatable bonds is 11. The van der Waals surface area contributed by atoms with Crippen molar-refractivity contribution >= 4 is 29.2 Å². The van der Waals surface area contributed by atoms with Gasteiger partial charge in [-0.3, -0.25) is 14.6 Å². The van der Waals surface area contributed by atoms with Gasteiger partial charge < -0.3 is 10.0 Å². The number of hydrogen-bond donors (Lipinski definition) is 1. The van der Waals surface area contributed by atoms with Gasteiger partial charge in [0.25, 0.3) is 5.91 Å². The molecule has 3 atom stereocenters. The van der Waals surface area contributed by atoms with E-state index in [2.05, 4.69) is 75.7 Å². The zero-order chi connectivity index (χ0) is 33.9. The number of carboxylic acids is 1. The van der Waals surface area contributed by atoms with Crippen LogP contribution in [0, 0.1) is 23.2 Å². The number of aliphatic imine (C=N–C) groups is 1. The number of nitrogens with zero attached hydrogens (tertiary/aromatic N) is 3. The number of halogens is 1. The van der Waals surface area contributed by atoms with Gasteiger partial charge in [0.2, 0.25) is 0 Å². The molecule has 1 saturated carbocycles. The molecule has 47 heavy (non-hydrogen) atoms.